The van der Waals surface area contributed by atoms with Crippen LogP contribution in [0.3, 0.4) is 0 Å². The smallest absolute Gasteiger partial charge is 0.240 e. The first-order valence-electron chi connectivity index (χ1n) is 9.74. The Labute approximate surface area is 152 Å². The Bertz CT molecular complexity index is 564. The summed E-state index contributed by atoms with van der Waals surface area (Å²) in [6.45, 7) is 8.88. The zero-order chi connectivity index (χ0) is 17.5. The molecule has 136 valence electrons. The number of hydrogen-bond acceptors (Lipinski definition) is 3. The minimum atomic E-state index is 0.128. The number of piperazine rings is 1. The van der Waals surface area contributed by atoms with Crippen LogP contribution in [0.4, 0.5) is 0 Å². The summed E-state index contributed by atoms with van der Waals surface area (Å²) in [5, 5.41) is 0. The van der Waals surface area contributed by atoms with E-state index in [1.165, 1.54) is 18.4 Å². The van der Waals surface area contributed by atoms with Crippen LogP contribution < -0.4 is 0 Å². The summed E-state index contributed by atoms with van der Waals surface area (Å²) in [5.74, 6) is 0.362. The van der Waals surface area contributed by atoms with Gasteiger partial charge in [-0.3, -0.25) is 14.6 Å². The molecule has 2 aliphatic rings. The van der Waals surface area contributed by atoms with E-state index in [2.05, 4.69) is 58.0 Å². The molecule has 1 atom stereocenters. The molecular formula is C21H31N3O. The fourth-order valence-electron chi connectivity index (χ4n) is 3.91. The van der Waals surface area contributed by atoms with Gasteiger partial charge in [0.05, 0.1) is 6.04 Å². The number of carbonyl (C=O) groups is 1. The van der Waals surface area contributed by atoms with E-state index < -0.39 is 0 Å². The summed E-state index contributed by atoms with van der Waals surface area (Å²) in [5.41, 5.74) is 1.24. The molecule has 0 aromatic heterocycles. The molecule has 2 saturated heterocycles. The summed E-state index contributed by atoms with van der Waals surface area (Å²) in [6.07, 6.45) is 7.87. The molecule has 0 radical (unpaired) electrons. The van der Waals surface area contributed by atoms with Crippen molar-refractivity contribution in [2.24, 2.45) is 0 Å². The van der Waals surface area contributed by atoms with Crippen molar-refractivity contribution in [3.05, 3.63) is 42.0 Å². The van der Waals surface area contributed by atoms with Crippen LogP contribution in [0, 0.1) is 0 Å². The maximum absolute atomic E-state index is 12.9. The van der Waals surface area contributed by atoms with Crippen LogP contribution >= 0.6 is 0 Å². The summed E-state index contributed by atoms with van der Waals surface area (Å²) in [7, 11) is 0. The van der Waals surface area contributed by atoms with E-state index in [0.717, 1.165) is 52.2 Å². The van der Waals surface area contributed by atoms with Crippen LogP contribution in [0.2, 0.25) is 0 Å². The minimum Gasteiger partial charge on any atom is -0.339 e. The number of rotatable bonds is 5. The summed E-state index contributed by atoms with van der Waals surface area (Å²) >= 11 is 0. The molecule has 1 aromatic carbocycles. The van der Waals surface area contributed by atoms with E-state index in [4.69, 9.17) is 0 Å². The van der Waals surface area contributed by atoms with Crippen molar-refractivity contribution in [3.63, 3.8) is 0 Å². The van der Waals surface area contributed by atoms with Gasteiger partial charge in [-0.15, -0.1) is 0 Å². The maximum atomic E-state index is 12.9. The van der Waals surface area contributed by atoms with E-state index in [1.807, 2.05) is 6.07 Å². The van der Waals surface area contributed by atoms with E-state index in [-0.39, 0.29) is 6.04 Å². The highest BCUT2D eigenvalue weighted by Gasteiger charge is 2.32. The molecular weight excluding hydrogens is 310 g/mol. The maximum Gasteiger partial charge on any atom is 0.240 e. The molecule has 3 rings (SSSR count). The predicted molar refractivity (Wildman–Crippen MR) is 103 cm³/mol. The molecule has 2 fully saturated rings. The molecule has 1 aromatic rings. The molecule has 2 heterocycles. The Balaban J connectivity index is 1.45. The molecule has 0 aliphatic carbocycles. The number of benzene rings is 1. The number of hydrogen-bond donors (Lipinski definition) is 0. The first-order chi connectivity index (χ1) is 12.3. The summed E-state index contributed by atoms with van der Waals surface area (Å²) in [6, 6.07) is 10.5. The van der Waals surface area contributed by atoms with Crippen molar-refractivity contribution in [1.29, 1.82) is 0 Å². The number of piperidine rings is 1. The Morgan fingerprint density at radius 2 is 1.84 bits per heavy atom. The standard InChI is InChI=1S/C21H31N3O/c1-2-23-14-7-6-12-20(23)21(25)24-17-15-22(16-18-24)13-8-11-19-9-4-3-5-10-19/h3-5,8-11,20H,2,6-7,12-18H2,1H3. The Hall–Kier alpha value is -1.65. The Morgan fingerprint density at radius 3 is 2.56 bits per heavy atom. The van der Waals surface area contributed by atoms with Gasteiger partial charge in [0.1, 0.15) is 0 Å². The molecule has 0 bridgehead atoms. The third kappa shape index (κ3) is 4.93. The highest BCUT2D eigenvalue weighted by Crippen LogP contribution is 2.19. The van der Waals surface area contributed by atoms with Crippen molar-refractivity contribution < 1.29 is 4.79 Å². The number of amides is 1. The minimum absolute atomic E-state index is 0.128. The summed E-state index contributed by atoms with van der Waals surface area (Å²) < 4.78 is 0. The van der Waals surface area contributed by atoms with Crippen LogP contribution in [-0.2, 0) is 4.79 Å². The first kappa shape index (κ1) is 18.2. The van der Waals surface area contributed by atoms with Crippen LogP contribution in [0.15, 0.2) is 36.4 Å². The van der Waals surface area contributed by atoms with Crippen LogP contribution in [0.5, 0.6) is 0 Å². The van der Waals surface area contributed by atoms with Crippen LogP contribution in [0.25, 0.3) is 6.08 Å². The highest BCUT2D eigenvalue weighted by molar-refractivity contribution is 5.82. The monoisotopic (exact) mass is 341 g/mol. The van der Waals surface area contributed by atoms with Crippen molar-refractivity contribution in [1.82, 2.24) is 14.7 Å². The van der Waals surface area contributed by atoms with Crippen LogP contribution in [-0.4, -0.2) is 72.5 Å². The molecule has 0 saturated carbocycles. The van der Waals surface area contributed by atoms with Gasteiger partial charge in [0.2, 0.25) is 5.91 Å². The van der Waals surface area contributed by atoms with Gasteiger partial charge in [-0.05, 0) is 31.5 Å². The van der Waals surface area contributed by atoms with Gasteiger partial charge >= 0.3 is 0 Å². The topological polar surface area (TPSA) is 26.8 Å². The average molecular weight is 341 g/mol. The predicted octanol–water partition coefficient (Wildman–Crippen LogP) is 2.72. The molecule has 25 heavy (non-hydrogen) atoms. The molecule has 2 aliphatic heterocycles. The zero-order valence-electron chi connectivity index (χ0n) is 15.4. The molecule has 1 unspecified atom stereocenters. The van der Waals surface area contributed by atoms with Crippen LogP contribution in [0.1, 0.15) is 31.7 Å². The fourth-order valence-corrected chi connectivity index (χ4v) is 3.91. The zero-order valence-corrected chi connectivity index (χ0v) is 15.4. The average Bonchev–Trinajstić information content (AvgIpc) is 2.69. The first-order valence-corrected chi connectivity index (χ1v) is 9.74. The third-order valence-corrected chi connectivity index (χ3v) is 5.46. The van der Waals surface area contributed by atoms with Gasteiger partial charge < -0.3 is 4.90 Å². The second-order valence-corrected chi connectivity index (χ2v) is 7.08. The second kappa shape index (κ2) is 9.16. The lowest BCUT2D eigenvalue weighted by molar-refractivity contribution is -0.139. The van der Waals surface area contributed by atoms with Crippen molar-refractivity contribution >= 4 is 12.0 Å². The van der Waals surface area contributed by atoms with Gasteiger partial charge in [0, 0.05) is 32.7 Å². The second-order valence-electron chi connectivity index (χ2n) is 7.08. The molecule has 0 spiro atoms. The van der Waals surface area contributed by atoms with Gasteiger partial charge in [0.25, 0.3) is 0 Å². The highest BCUT2D eigenvalue weighted by atomic mass is 16.2. The molecule has 4 nitrogen and oxygen atoms in total. The molecule has 0 N–H and O–H groups in total. The van der Waals surface area contributed by atoms with E-state index in [9.17, 15) is 4.79 Å². The van der Waals surface area contributed by atoms with Gasteiger partial charge in [-0.2, -0.15) is 0 Å². The largest absolute Gasteiger partial charge is 0.339 e. The molecule has 4 heteroatoms. The normalized spacial score (nSPS) is 23.2. The summed E-state index contributed by atoms with van der Waals surface area (Å²) in [4.78, 5) is 19.8. The fraction of sp³-hybridized carbons (Fsp3) is 0.571. The SMILES string of the molecule is CCN1CCCCC1C(=O)N1CCN(CC=Cc2ccccc2)CC1. The number of likely N-dealkylation sites (N-methyl/N-ethyl adjacent to an activating group) is 1. The van der Waals surface area contributed by atoms with E-state index in [1.54, 1.807) is 0 Å². The number of nitrogens with zero attached hydrogens (tertiary/aromatic N) is 3. The third-order valence-electron chi connectivity index (χ3n) is 5.46. The molecule has 1 amide bonds. The lowest BCUT2D eigenvalue weighted by Crippen LogP contribution is -2.55. The number of carbonyl (C=O) groups excluding carboxylic acids is 1. The lowest BCUT2D eigenvalue weighted by Gasteiger charge is -2.40. The van der Waals surface area contributed by atoms with Crippen molar-refractivity contribution in [3.8, 4) is 0 Å². The van der Waals surface area contributed by atoms with Gasteiger partial charge in [0.15, 0.2) is 0 Å². The Morgan fingerprint density at radius 1 is 1.08 bits per heavy atom. The lowest BCUT2D eigenvalue weighted by atomic mass is 10.0. The van der Waals surface area contributed by atoms with Crippen molar-refractivity contribution in [2.75, 3.05) is 45.8 Å². The van der Waals surface area contributed by atoms with E-state index in [0.29, 0.717) is 5.91 Å². The van der Waals surface area contributed by atoms with Gasteiger partial charge in [-0.1, -0.05) is 55.8 Å². The quantitative estimate of drug-likeness (QED) is 0.824. The van der Waals surface area contributed by atoms with Crippen molar-refractivity contribution in [2.45, 2.75) is 32.2 Å². The van der Waals surface area contributed by atoms with Gasteiger partial charge in [-0.25, -0.2) is 0 Å². The Kier molecular flexibility index (Phi) is 6.65. The van der Waals surface area contributed by atoms with E-state index >= 15 is 0 Å². The number of likely N-dealkylation sites (tertiary alicyclic amines) is 1.